The lowest BCUT2D eigenvalue weighted by molar-refractivity contribution is -0.137. The summed E-state index contributed by atoms with van der Waals surface area (Å²) in [5.74, 6) is -1.46. The number of para-hydroxylation sites is 1. The molecule has 0 aliphatic heterocycles. The van der Waals surface area contributed by atoms with Gasteiger partial charge in [-0.3, -0.25) is 9.59 Å². The Labute approximate surface area is 129 Å². The molecular weight excluding hydrogens is 342 g/mol. The van der Waals surface area contributed by atoms with E-state index in [1.807, 2.05) is 12.1 Å². The molecule has 1 aromatic heterocycles. The van der Waals surface area contributed by atoms with E-state index in [9.17, 15) is 9.59 Å². The highest BCUT2D eigenvalue weighted by molar-refractivity contribution is 9.10. The van der Waals surface area contributed by atoms with E-state index in [4.69, 9.17) is 14.3 Å². The molecule has 0 spiro atoms. The molecule has 21 heavy (non-hydrogen) atoms. The van der Waals surface area contributed by atoms with Gasteiger partial charge in [-0.25, -0.2) is 0 Å². The van der Waals surface area contributed by atoms with Gasteiger partial charge in [0.05, 0.1) is 11.1 Å². The lowest BCUT2D eigenvalue weighted by Crippen LogP contribution is -2.37. The lowest BCUT2D eigenvalue weighted by Gasteiger charge is -2.18. The van der Waals surface area contributed by atoms with Crippen molar-refractivity contribution in [3.63, 3.8) is 0 Å². The molecule has 1 amide bonds. The molecule has 0 radical (unpaired) electrons. The summed E-state index contributed by atoms with van der Waals surface area (Å²) in [6, 6.07) is 7.05. The van der Waals surface area contributed by atoms with E-state index in [0.717, 1.165) is 9.86 Å². The Morgan fingerprint density at radius 1 is 1.43 bits per heavy atom. The minimum Gasteiger partial charge on any atom is -0.480 e. The highest BCUT2D eigenvalue weighted by Gasteiger charge is 2.22. The van der Waals surface area contributed by atoms with Crippen LogP contribution in [0.25, 0.3) is 11.0 Å². The number of hydrogen-bond donors (Lipinski definition) is 1. The topological polar surface area (TPSA) is 80.0 Å². The summed E-state index contributed by atoms with van der Waals surface area (Å²) in [7, 11) is 1.49. The van der Waals surface area contributed by atoms with Crippen molar-refractivity contribution < 1.29 is 23.8 Å². The summed E-state index contributed by atoms with van der Waals surface area (Å²) < 4.78 is 11.2. The number of amides is 1. The Morgan fingerprint density at radius 2 is 2.19 bits per heavy atom. The van der Waals surface area contributed by atoms with Gasteiger partial charge < -0.3 is 19.2 Å². The van der Waals surface area contributed by atoms with E-state index < -0.39 is 18.4 Å². The van der Waals surface area contributed by atoms with Gasteiger partial charge in [0.1, 0.15) is 12.1 Å². The molecule has 6 nitrogen and oxygen atoms in total. The van der Waals surface area contributed by atoms with Crippen LogP contribution in [0.15, 0.2) is 33.2 Å². The molecule has 0 unspecified atom stereocenters. The number of aliphatic carboxylic acids is 1. The summed E-state index contributed by atoms with van der Waals surface area (Å²) in [5.41, 5.74) is 0.558. The molecule has 0 atom stereocenters. The molecule has 1 N–H and O–H groups in total. The van der Waals surface area contributed by atoms with Crippen LogP contribution in [0.5, 0.6) is 0 Å². The van der Waals surface area contributed by atoms with E-state index in [0.29, 0.717) is 5.58 Å². The van der Waals surface area contributed by atoms with Crippen molar-refractivity contribution in [2.75, 3.05) is 26.8 Å². The van der Waals surface area contributed by atoms with Gasteiger partial charge in [-0.2, -0.15) is 0 Å². The van der Waals surface area contributed by atoms with E-state index >= 15 is 0 Å². The first-order valence-electron chi connectivity index (χ1n) is 6.21. The predicted octanol–water partition coefficient (Wildman–Crippen LogP) is 2.37. The predicted molar refractivity (Wildman–Crippen MR) is 79.3 cm³/mol. The second-order valence-corrected chi connectivity index (χ2v) is 5.24. The highest BCUT2D eigenvalue weighted by Crippen LogP contribution is 2.27. The van der Waals surface area contributed by atoms with Crippen molar-refractivity contribution in [2.45, 2.75) is 0 Å². The molecular formula is C14H14BrNO5. The van der Waals surface area contributed by atoms with Gasteiger partial charge >= 0.3 is 5.97 Å². The minimum atomic E-state index is -1.09. The maximum Gasteiger partial charge on any atom is 0.323 e. The van der Waals surface area contributed by atoms with Crippen LogP contribution in [0.2, 0.25) is 0 Å². The maximum atomic E-state index is 12.4. The van der Waals surface area contributed by atoms with Crippen LogP contribution in [0.4, 0.5) is 0 Å². The Hall–Kier alpha value is -1.86. The van der Waals surface area contributed by atoms with Crippen LogP contribution in [0.3, 0.4) is 0 Å². The van der Waals surface area contributed by atoms with E-state index in [2.05, 4.69) is 15.9 Å². The first-order valence-corrected chi connectivity index (χ1v) is 7.00. The van der Waals surface area contributed by atoms with Crippen molar-refractivity contribution >= 4 is 38.8 Å². The molecule has 7 heteroatoms. The fraction of sp³-hybridized carbons (Fsp3) is 0.286. The van der Waals surface area contributed by atoms with Gasteiger partial charge in [0, 0.05) is 19.0 Å². The van der Waals surface area contributed by atoms with Crippen molar-refractivity contribution in [1.82, 2.24) is 4.90 Å². The van der Waals surface area contributed by atoms with Gasteiger partial charge in [-0.1, -0.05) is 12.1 Å². The number of benzene rings is 1. The zero-order valence-corrected chi connectivity index (χ0v) is 12.9. The van der Waals surface area contributed by atoms with E-state index in [-0.39, 0.29) is 18.9 Å². The molecule has 0 saturated heterocycles. The maximum absolute atomic E-state index is 12.4. The van der Waals surface area contributed by atoms with Crippen LogP contribution in [-0.4, -0.2) is 48.7 Å². The second-order valence-electron chi connectivity index (χ2n) is 4.38. The van der Waals surface area contributed by atoms with Crippen LogP contribution in [0, 0.1) is 0 Å². The third-order valence-corrected chi connectivity index (χ3v) is 3.51. The SMILES string of the molecule is COCCN(CC(=O)O)C(=O)c1cc2cccc(Br)c2o1. The van der Waals surface area contributed by atoms with Gasteiger partial charge in [0.15, 0.2) is 5.76 Å². The summed E-state index contributed by atoms with van der Waals surface area (Å²) in [4.78, 5) is 24.4. The first-order chi connectivity index (χ1) is 10.0. The number of carboxylic acids is 1. The lowest BCUT2D eigenvalue weighted by atomic mass is 10.2. The zero-order valence-electron chi connectivity index (χ0n) is 11.3. The Morgan fingerprint density at radius 3 is 2.81 bits per heavy atom. The molecule has 2 rings (SSSR count). The summed E-state index contributed by atoms with van der Waals surface area (Å²) in [5, 5.41) is 9.66. The Kier molecular flexibility index (Phi) is 4.98. The smallest absolute Gasteiger partial charge is 0.323 e. The molecule has 0 aliphatic carbocycles. The van der Waals surface area contributed by atoms with Crippen molar-refractivity contribution in [3.8, 4) is 0 Å². The average Bonchev–Trinajstić information content (AvgIpc) is 2.88. The van der Waals surface area contributed by atoms with Crippen LogP contribution in [0.1, 0.15) is 10.6 Å². The molecule has 0 aliphatic rings. The van der Waals surface area contributed by atoms with Crippen molar-refractivity contribution in [3.05, 3.63) is 34.5 Å². The highest BCUT2D eigenvalue weighted by atomic mass is 79.9. The molecule has 1 aromatic carbocycles. The van der Waals surface area contributed by atoms with Crippen LogP contribution >= 0.6 is 15.9 Å². The number of carbonyl (C=O) groups is 2. The number of fused-ring (bicyclic) bond motifs is 1. The number of rotatable bonds is 6. The van der Waals surface area contributed by atoms with Gasteiger partial charge in [0.2, 0.25) is 0 Å². The quantitative estimate of drug-likeness (QED) is 0.860. The number of halogens is 1. The first kappa shape index (κ1) is 15.5. The third-order valence-electron chi connectivity index (χ3n) is 2.89. The minimum absolute atomic E-state index is 0.106. The number of nitrogens with zero attached hydrogens (tertiary/aromatic N) is 1. The van der Waals surface area contributed by atoms with Gasteiger partial charge in [-0.05, 0) is 28.1 Å². The molecule has 0 fully saturated rings. The zero-order chi connectivity index (χ0) is 15.4. The fourth-order valence-electron chi connectivity index (χ4n) is 1.91. The largest absolute Gasteiger partial charge is 0.480 e. The van der Waals surface area contributed by atoms with E-state index in [1.165, 1.54) is 12.0 Å². The van der Waals surface area contributed by atoms with Crippen molar-refractivity contribution in [2.24, 2.45) is 0 Å². The molecule has 2 aromatic rings. The number of ether oxygens (including phenoxy) is 1. The standard InChI is InChI=1S/C14H14BrNO5/c1-20-6-5-16(8-12(17)18)14(19)11-7-9-3-2-4-10(15)13(9)21-11/h2-4,7H,5-6,8H2,1H3,(H,17,18). The third kappa shape index (κ3) is 3.62. The normalized spacial score (nSPS) is 10.8. The Bertz CT molecular complexity index is 666. The van der Waals surface area contributed by atoms with E-state index in [1.54, 1.807) is 12.1 Å². The molecule has 112 valence electrons. The monoisotopic (exact) mass is 355 g/mol. The number of carboxylic acid groups (broad SMARTS) is 1. The van der Waals surface area contributed by atoms with Crippen molar-refractivity contribution in [1.29, 1.82) is 0 Å². The molecule has 0 saturated carbocycles. The van der Waals surface area contributed by atoms with Gasteiger partial charge in [-0.15, -0.1) is 0 Å². The van der Waals surface area contributed by atoms with Gasteiger partial charge in [0.25, 0.3) is 5.91 Å². The number of hydrogen-bond acceptors (Lipinski definition) is 4. The fourth-order valence-corrected chi connectivity index (χ4v) is 2.37. The molecule has 1 heterocycles. The average molecular weight is 356 g/mol. The summed E-state index contributed by atoms with van der Waals surface area (Å²) >= 11 is 3.35. The summed E-state index contributed by atoms with van der Waals surface area (Å²) in [6.07, 6.45) is 0. The Balaban J connectivity index is 2.29. The number of furan rings is 1. The van der Waals surface area contributed by atoms with Crippen LogP contribution < -0.4 is 0 Å². The molecule has 0 bridgehead atoms. The second kappa shape index (κ2) is 6.73. The number of carbonyl (C=O) groups excluding carboxylic acids is 1. The summed E-state index contributed by atoms with van der Waals surface area (Å²) in [6.45, 7) is 0.0310. The number of methoxy groups -OCH3 is 1. The van der Waals surface area contributed by atoms with Crippen LogP contribution in [-0.2, 0) is 9.53 Å².